The van der Waals surface area contributed by atoms with Gasteiger partial charge in [-0.3, -0.25) is 4.79 Å². The average molecular weight is 586 g/mol. The predicted molar refractivity (Wildman–Crippen MR) is 153 cm³/mol. The molecule has 0 saturated carbocycles. The van der Waals surface area contributed by atoms with E-state index in [1.807, 2.05) is 6.07 Å². The first-order chi connectivity index (χ1) is 18.8. The van der Waals surface area contributed by atoms with E-state index in [-0.39, 0.29) is 18.8 Å². The zero-order chi connectivity index (χ0) is 27.9. The number of rotatable bonds is 9. The number of methoxy groups -OCH3 is 1. The van der Waals surface area contributed by atoms with Gasteiger partial charge >= 0.3 is 5.97 Å². The number of halogens is 2. The minimum Gasteiger partial charge on any atom is -0.493 e. The molecular formula is C29H26Cl2N2O5S. The molecule has 7 nitrogen and oxygen atoms in total. The lowest BCUT2D eigenvalue weighted by molar-refractivity contribution is -0.112. The number of carbonyl (C=O) groups is 2. The van der Waals surface area contributed by atoms with Crippen LogP contribution in [0.2, 0.25) is 10.0 Å². The fraction of sp³-hybridized carbons (Fsp3) is 0.276. The van der Waals surface area contributed by atoms with Gasteiger partial charge in [-0.25, -0.2) is 4.79 Å². The highest BCUT2D eigenvalue weighted by atomic mass is 35.5. The predicted octanol–water partition coefficient (Wildman–Crippen LogP) is 7.24. The number of ether oxygens (including phenoxy) is 3. The number of carbonyl (C=O) groups excluding carboxylic acids is 2. The fourth-order valence-electron chi connectivity index (χ4n) is 4.25. The summed E-state index contributed by atoms with van der Waals surface area (Å²) >= 11 is 13.6. The van der Waals surface area contributed by atoms with Crippen molar-refractivity contribution in [3.63, 3.8) is 0 Å². The lowest BCUT2D eigenvalue weighted by Crippen LogP contribution is -2.16. The number of aryl methyl sites for hydroxylation is 1. The smallest absolute Gasteiger partial charge is 0.341 e. The second kappa shape index (κ2) is 13.0. The number of anilines is 1. The van der Waals surface area contributed by atoms with Gasteiger partial charge < -0.3 is 19.5 Å². The van der Waals surface area contributed by atoms with Gasteiger partial charge in [-0.15, -0.1) is 11.3 Å². The molecule has 0 bridgehead atoms. The number of nitriles is 1. The quantitative estimate of drug-likeness (QED) is 0.162. The maximum absolute atomic E-state index is 13.1. The third kappa shape index (κ3) is 6.74. The Bertz CT molecular complexity index is 1480. The number of hydrogen-bond donors (Lipinski definition) is 1. The molecule has 2 aromatic carbocycles. The van der Waals surface area contributed by atoms with Crippen molar-refractivity contribution in [2.24, 2.45) is 0 Å². The van der Waals surface area contributed by atoms with Crippen molar-refractivity contribution in [3.8, 4) is 17.6 Å². The van der Waals surface area contributed by atoms with Gasteiger partial charge in [0.1, 0.15) is 23.3 Å². The molecule has 10 heteroatoms. The summed E-state index contributed by atoms with van der Waals surface area (Å²) < 4.78 is 16.6. The van der Waals surface area contributed by atoms with Crippen LogP contribution in [-0.2, 0) is 29.0 Å². The van der Waals surface area contributed by atoms with Crippen molar-refractivity contribution < 1.29 is 23.8 Å². The molecule has 3 aromatic rings. The summed E-state index contributed by atoms with van der Waals surface area (Å²) in [6.07, 6.45) is 5.06. The Labute approximate surface area is 240 Å². The minimum absolute atomic E-state index is 0.125. The summed E-state index contributed by atoms with van der Waals surface area (Å²) in [5, 5.41) is 14.0. The van der Waals surface area contributed by atoms with Crippen LogP contribution in [0.5, 0.6) is 11.5 Å². The van der Waals surface area contributed by atoms with E-state index in [1.54, 1.807) is 43.3 Å². The molecule has 0 fully saturated rings. The van der Waals surface area contributed by atoms with E-state index >= 15 is 0 Å². The van der Waals surface area contributed by atoms with Crippen LogP contribution in [-0.4, -0.2) is 25.6 Å². The summed E-state index contributed by atoms with van der Waals surface area (Å²) in [7, 11) is 1.50. The van der Waals surface area contributed by atoms with Gasteiger partial charge in [-0.2, -0.15) is 5.26 Å². The van der Waals surface area contributed by atoms with Crippen LogP contribution in [0.1, 0.15) is 51.7 Å². The highest BCUT2D eigenvalue weighted by Gasteiger charge is 2.27. The van der Waals surface area contributed by atoms with Crippen molar-refractivity contribution >= 4 is 57.5 Å². The normalized spacial score (nSPS) is 12.7. The molecule has 1 aliphatic carbocycles. The number of amides is 1. The summed E-state index contributed by atoms with van der Waals surface area (Å²) in [5.41, 5.74) is 2.52. The van der Waals surface area contributed by atoms with Crippen molar-refractivity contribution in [1.29, 1.82) is 5.26 Å². The van der Waals surface area contributed by atoms with Gasteiger partial charge in [0.15, 0.2) is 11.5 Å². The zero-order valence-electron chi connectivity index (χ0n) is 21.4. The molecule has 0 radical (unpaired) electrons. The van der Waals surface area contributed by atoms with E-state index in [0.717, 1.165) is 41.7 Å². The van der Waals surface area contributed by atoms with Gasteiger partial charge in [0.25, 0.3) is 5.91 Å². The maximum atomic E-state index is 13.1. The second-order valence-corrected chi connectivity index (χ2v) is 10.6. The van der Waals surface area contributed by atoms with Crippen LogP contribution in [0.15, 0.2) is 42.0 Å². The molecule has 1 heterocycles. The summed E-state index contributed by atoms with van der Waals surface area (Å²) in [4.78, 5) is 26.9. The monoisotopic (exact) mass is 584 g/mol. The molecule has 4 rings (SSSR count). The Morgan fingerprint density at radius 3 is 2.64 bits per heavy atom. The molecule has 0 aliphatic heterocycles. The molecule has 1 amide bonds. The first-order valence-corrected chi connectivity index (χ1v) is 13.9. The van der Waals surface area contributed by atoms with Gasteiger partial charge in [-0.05, 0) is 74.1 Å². The SMILES string of the molecule is CCOC(=O)c1c(NC(=O)/C(C#N)=C/c2ccc(OCc3ccc(Cl)cc3Cl)c(OC)c2)sc2c1CCCC2. The van der Waals surface area contributed by atoms with Gasteiger partial charge in [0, 0.05) is 20.5 Å². The van der Waals surface area contributed by atoms with Gasteiger partial charge in [-0.1, -0.05) is 35.3 Å². The molecule has 202 valence electrons. The molecule has 39 heavy (non-hydrogen) atoms. The number of benzene rings is 2. The summed E-state index contributed by atoms with van der Waals surface area (Å²) in [5.74, 6) is -0.192. The Morgan fingerprint density at radius 1 is 1.13 bits per heavy atom. The Morgan fingerprint density at radius 2 is 1.92 bits per heavy atom. The Kier molecular flexibility index (Phi) is 9.52. The lowest BCUT2D eigenvalue weighted by atomic mass is 9.95. The van der Waals surface area contributed by atoms with Crippen LogP contribution in [0.25, 0.3) is 6.08 Å². The Balaban J connectivity index is 1.54. The van der Waals surface area contributed by atoms with E-state index in [1.165, 1.54) is 24.5 Å². The largest absolute Gasteiger partial charge is 0.493 e. The topological polar surface area (TPSA) is 97.7 Å². The van der Waals surface area contributed by atoms with Crippen molar-refractivity contribution in [2.45, 2.75) is 39.2 Å². The molecule has 1 N–H and O–H groups in total. The van der Waals surface area contributed by atoms with E-state index in [2.05, 4.69) is 5.32 Å². The van der Waals surface area contributed by atoms with Crippen molar-refractivity contribution in [1.82, 2.24) is 0 Å². The van der Waals surface area contributed by atoms with Gasteiger partial charge in [0.2, 0.25) is 0 Å². The van der Waals surface area contributed by atoms with E-state index < -0.39 is 11.9 Å². The first kappa shape index (κ1) is 28.5. The van der Waals surface area contributed by atoms with Crippen molar-refractivity contribution in [2.75, 3.05) is 19.0 Å². The van der Waals surface area contributed by atoms with E-state index in [0.29, 0.717) is 37.7 Å². The van der Waals surface area contributed by atoms with Crippen LogP contribution < -0.4 is 14.8 Å². The Hall–Kier alpha value is -3.51. The number of fused-ring (bicyclic) bond motifs is 1. The van der Waals surface area contributed by atoms with Crippen LogP contribution in [0.4, 0.5) is 5.00 Å². The molecule has 0 unspecified atom stereocenters. The van der Waals surface area contributed by atoms with Crippen molar-refractivity contribution in [3.05, 3.63) is 79.1 Å². The van der Waals surface area contributed by atoms with Gasteiger partial charge in [0.05, 0.1) is 19.3 Å². The highest BCUT2D eigenvalue weighted by molar-refractivity contribution is 7.17. The number of nitrogens with one attached hydrogen (secondary N) is 1. The highest BCUT2D eigenvalue weighted by Crippen LogP contribution is 2.39. The third-order valence-electron chi connectivity index (χ3n) is 6.14. The molecule has 1 aromatic heterocycles. The molecular weight excluding hydrogens is 559 g/mol. The summed E-state index contributed by atoms with van der Waals surface area (Å²) in [6.45, 7) is 2.17. The minimum atomic E-state index is -0.613. The lowest BCUT2D eigenvalue weighted by Gasteiger charge is -2.13. The molecule has 0 spiro atoms. The van der Waals surface area contributed by atoms with E-state index in [4.69, 9.17) is 37.4 Å². The number of nitrogens with zero attached hydrogens (tertiary/aromatic N) is 1. The zero-order valence-corrected chi connectivity index (χ0v) is 23.8. The average Bonchev–Trinajstić information content (AvgIpc) is 3.29. The number of thiophene rings is 1. The fourth-order valence-corrected chi connectivity index (χ4v) is 5.98. The molecule has 1 aliphatic rings. The standard InChI is InChI=1S/C29H26Cl2N2O5S/c1-3-37-29(35)26-21-6-4-5-7-25(21)39-28(26)33-27(34)19(15-32)12-17-8-11-23(24(13-17)36-2)38-16-18-9-10-20(30)14-22(18)31/h8-14H,3-7,16H2,1-2H3,(H,33,34)/b19-12+. The molecule has 0 atom stereocenters. The van der Waals surface area contributed by atoms with E-state index in [9.17, 15) is 14.9 Å². The van der Waals surface area contributed by atoms with Crippen LogP contribution in [0, 0.1) is 11.3 Å². The summed E-state index contributed by atoms with van der Waals surface area (Å²) in [6, 6.07) is 12.2. The van der Waals surface area contributed by atoms with Crippen LogP contribution in [0.3, 0.4) is 0 Å². The number of esters is 1. The second-order valence-electron chi connectivity index (χ2n) is 8.69. The molecule has 0 saturated heterocycles. The maximum Gasteiger partial charge on any atom is 0.341 e. The first-order valence-electron chi connectivity index (χ1n) is 12.3. The number of hydrogen-bond acceptors (Lipinski definition) is 7. The third-order valence-corrected chi connectivity index (χ3v) is 7.93. The van der Waals surface area contributed by atoms with Crippen LogP contribution >= 0.6 is 34.5 Å².